The molecule has 8 atom stereocenters. The van der Waals surface area contributed by atoms with E-state index in [-0.39, 0.29) is 18.6 Å². The first-order chi connectivity index (χ1) is 32.5. The molecule has 0 radical (unpaired) electrons. The summed E-state index contributed by atoms with van der Waals surface area (Å²) >= 11 is 0. The molecule has 0 aromatic carbocycles. The van der Waals surface area contributed by atoms with E-state index < -0.39 is 83.5 Å². The standard InChI is InChI=1S/C49H78O17P2/c1-3-5-7-8-9-10-11-12-13-14-15-16-19-23-26-29-33-37-43(52)64-41(39-63-68(60,61)66-49-46(55)44(53)45(54)48(47(49)56)65-67(57,58)59)38-62-42(51)36-32-28-25-22-20-17-18-21-24-27-31-35-40(50)34-30-6-4-2/h5,7,9-10,12-13,15-18,22,24-25,27,31,35,41,44-49,53-56H,3-4,6,8,11,14,19-21,23,26,28-30,32-34,36-39H2,1-2H3,(H,60,61)(H2,57,58,59)/b7-5-,10-9-,13-12-,16-15-,18-17-,25-22-,27-24-,35-31+/t41-,44?,45?,46?,47?,48-,49+/m1/s1. The zero-order valence-corrected chi connectivity index (χ0v) is 41.5. The van der Waals surface area contributed by atoms with Gasteiger partial charge in [-0.3, -0.25) is 28.0 Å². The molecule has 1 aliphatic carbocycles. The third kappa shape index (κ3) is 32.4. The fourth-order valence-corrected chi connectivity index (χ4v) is 7.97. The molecule has 1 aliphatic rings. The van der Waals surface area contributed by atoms with Crippen molar-refractivity contribution < 1.29 is 81.7 Å². The summed E-state index contributed by atoms with van der Waals surface area (Å²) in [5.74, 6) is -1.22. The molecule has 0 aliphatic heterocycles. The minimum atomic E-state index is -5.39. The molecule has 0 amide bonds. The lowest BCUT2D eigenvalue weighted by Gasteiger charge is -2.43. The topological polar surface area (TPSA) is 273 Å². The smallest absolute Gasteiger partial charge is 0.462 e. The van der Waals surface area contributed by atoms with Crippen molar-refractivity contribution in [2.24, 2.45) is 0 Å². The Balaban J connectivity index is 2.67. The molecule has 386 valence electrons. The lowest BCUT2D eigenvalue weighted by atomic mass is 9.85. The maximum Gasteiger partial charge on any atom is 0.472 e. The highest BCUT2D eigenvalue weighted by molar-refractivity contribution is 7.47. The van der Waals surface area contributed by atoms with Gasteiger partial charge in [-0.05, 0) is 83.1 Å². The van der Waals surface area contributed by atoms with Crippen molar-refractivity contribution in [1.82, 2.24) is 0 Å². The molecular weight excluding hydrogens is 922 g/mol. The molecule has 68 heavy (non-hydrogen) atoms. The molecule has 1 saturated carbocycles. The van der Waals surface area contributed by atoms with Crippen molar-refractivity contribution in [2.75, 3.05) is 13.2 Å². The average molecular weight is 1000 g/mol. The summed E-state index contributed by atoms with van der Waals surface area (Å²) in [5, 5.41) is 41.2. The molecular formula is C49H78O17P2. The van der Waals surface area contributed by atoms with Gasteiger partial charge in [-0.1, -0.05) is 131 Å². The molecule has 0 heterocycles. The predicted octanol–water partition coefficient (Wildman–Crippen LogP) is 8.35. The molecule has 1 fully saturated rings. The van der Waals surface area contributed by atoms with Crippen LogP contribution in [0.5, 0.6) is 0 Å². The van der Waals surface area contributed by atoms with Gasteiger partial charge in [0, 0.05) is 19.3 Å². The Bertz CT molecular complexity index is 1750. The lowest BCUT2D eigenvalue weighted by Crippen LogP contribution is -2.64. The van der Waals surface area contributed by atoms with Gasteiger partial charge in [0.1, 0.15) is 43.2 Å². The molecule has 7 N–H and O–H groups in total. The van der Waals surface area contributed by atoms with E-state index in [0.29, 0.717) is 38.5 Å². The van der Waals surface area contributed by atoms with Crippen molar-refractivity contribution in [3.8, 4) is 0 Å². The van der Waals surface area contributed by atoms with E-state index in [9.17, 15) is 58.6 Å². The highest BCUT2D eigenvalue weighted by Gasteiger charge is 2.54. The van der Waals surface area contributed by atoms with E-state index in [2.05, 4.69) is 67.0 Å². The minimum absolute atomic E-state index is 0.00707. The van der Waals surface area contributed by atoms with Gasteiger partial charge in [0.2, 0.25) is 0 Å². The summed E-state index contributed by atoms with van der Waals surface area (Å²) in [5.41, 5.74) is 0. The van der Waals surface area contributed by atoms with Gasteiger partial charge in [-0.2, -0.15) is 0 Å². The van der Waals surface area contributed by atoms with Crippen LogP contribution in [-0.2, 0) is 46.6 Å². The van der Waals surface area contributed by atoms with Crippen LogP contribution in [-0.4, -0.2) is 109 Å². The highest BCUT2D eigenvalue weighted by atomic mass is 31.2. The SMILES string of the molecule is CC/C=C\C/C=C\C/C=C\C/C=C\CCCCCCC(=O)O[C@H](COC(=O)CCC/C=C\C/C=C\C/C=C\C=C\C(=O)CCCCC)COP(=O)(O)O[C@H]1C(O)C(O)C(O)[C@@H](OP(=O)(O)O)C1O. The Labute approximate surface area is 402 Å². The molecule has 17 nitrogen and oxygen atoms in total. The van der Waals surface area contributed by atoms with Crippen LogP contribution in [0, 0.1) is 0 Å². The number of unbranched alkanes of at least 4 members (excludes halogenated alkanes) is 7. The van der Waals surface area contributed by atoms with Gasteiger partial charge >= 0.3 is 27.6 Å². The van der Waals surface area contributed by atoms with Crippen LogP contribution in [0.3, 0.4) is 0 Å². The van der Waals surface area contributed by atoms with E-state index in [1.165, 1.54) is 0 Å². The number of ether oxygens (including phenoxy) is 2. The van der Waals surface area contributed by atoms with Gasteiger partial charge in [0.15, 0.2) is 11.9 Å². The Morgan fingerprint density at radius 2 is 1.04 bits per heavy atom. The molecule has 0 spiro atoms. The summed E-state index contributed by atoms with van der Waals surface area (Å²) in [4.78, 5) is 66.0. The van der Waals surface area contributed by atoms with Crippen molar-refractivity contribution in [1.29, 1.82) is 0 Å². The second kappa shape index (κ2) is 38.4. The number of aliphatic hydroxyl groups is 4. The number of phosphoric acid groups is 2. The second-order valence-electron chi connectivity index (χ2n) is 16.1. The number of hydrogen-bond donors (Lipinski definition) is 7. The van der Waals surface area contributed by atoms with E-state index in [1.54, 1.807) is 12.2 Å². The fourth-order valence-electron chi connectivity index (χ4n) is 6.43. The lowest BCUT2D eigenvalue weighted by molar-refractivity contribution is -0.216. The highest BCUT2D eigenvalue weighted by Crippen LogP contribution is 2.49. The van der Waals surface area contributed by atoms with Crippen molar-refractivity contribution in [3.63, 3.8) is 0 Å². The zero-order chi connectivity index (χ0) is 50.5. The summed E-state index contributed by atoms with van der Waals surface area (Å²) in [6.45, 7) is 2.75. The van der Waals surface area contributed by atoms with E-state index >= 15 is 0 Å². The largest absolute Gasteiger partial charge is 0.472 e. The Morgan fingerprint density at radius 1 is 0.529 bits per heavy atom. The van der Waals surface area contributed by atoms with Crippen molar-refractivity contribution >= 4 is 33.4 Å². The molecule has 19 heteroatoms. The zero-order valence-electron chi connectivity index (χ0n) is 39.7. The number of phosphoric ester groups is 2. The Hall–Kier alpha value is -3.41. The third-order valence-corrected chi connectivity index (χ3v) is 11.6. The molecule has 0 aromatic rings. The summed E-state index contributed by atoms with van der Waals surface area (Å²) in [6.07, 6.45) is 30.6. The minimum Gasteiger partial charge on any atom is -0.462 e. The summed E-state index contributed by atoms with van der Waals surface area (Å²) in [7, 11) is -10.7. The first-order valence-electron chi connectivity index (χ1n) is 23.7. The third-order valence-electron chi connectivity index (χ3n) is 10.1. The first-order valence-corrected chi connectivity index (χ1v) is 26.8. The average Bonchev–Trinajstić information content (AvgIpc) is 3.29. The van der Waals surface area contributed by atoms with Crippen LogP contribution in [0.4, 0.5) is 0 Å². The van der Waals surface area contributed by atoms with Crippen LogP contribution >= 0.6 is 15.6 Å². The Morgan fingerprint density at radius 3 is 1.63 bits per heavy atom. The number of esters is 2. The van der Waals surface area contributed by atoms with Crippen LogP contribution < -0.4 is 0 Å². The number of carbonyl (C=O) groups excluding carboxylic acids is 3. The number of ketones is 1. The fraction of sp³-hybridized carbons (Fsp3) is 0.612. The maximum absolute atomic E-state index is 13.0. The van der Waals surface area contributed by atoms with Crippen molar-refractivity contribution in [3.05, 3.63) is 97.2 Å². The molecule has 0 bridgehead atoms. The number of hydrogen-bond acceptors (Lipinski definition) is 14. The van der Waals surface area contributed by atoms with E-state index in [0.717, 1.165) is 70.6 Å². The molecule has 5 unspecified atom stereocenters. The second-order valence-corrected chi connectivity index (χ2v) is 18.7. The number of allylic oxidation sites excluding steroid dienone is 16. The molecule has 1 rings (SSSR count). The van der Waals surface area contributed by atoms with Crippen LogP contribution in [0.25, 0.3) is 0 Å². The normalized spacial score (nSPS) is 22.0. The van der Waals surface area contributed by atoms with Gasteiger partial charge in [0.05, 0.1) is 6.61 Å². The quantitative estimate of drug-likeness (QED) is 0.00764. The number of rotatable bonds is 38. The van der Waals surface area contributed by atoms with E-state index in [4.69, 9.17) is 18.5 Å². The molecule has 0 aromatic heterocycles. The molecule has 0 saturated heterocycles. The predicted molar refractivity (Wildman–Crippen MR) is 260 cm³/mol. The van der Waals surface area contributed by atoms with Crippen LogP contribution in [0.15, 0.2) is 97.2 Å². The Kier molecular flexibility index (Phi) is 35.3. The summed E-state index contributed by atoms with van der Waals surface area (Å²) in [6, 6.07) is 0. The van der Waals surface area contributed by atoms with Gasteiger partial charge in [0.25, 0.3) is 0 Å². The van der Waals surface area contributed by atoms with Crippen LogP contribution in [0.1, 0.15) is 136 Å². The van der Waals surface area contributed by atoms with Gasteiger partial charge in [-0.25, -0.2) is 9.13 Å². The van der Waals surface area contributed by atoms with Gasteiger partial charge in [-0.15, -0.1) is 0 Å². The number of carbonyl (C=O) groups is 3. The monoisotopic (exact) mass is 1000 g/mol. The first kappa shape index (κ1) is 62.6. The van der Waals surface area contributed by atoms with E-state index in [1.807, 2.05) is 36.5 Å². The maximum atomic E-state index is 13.0. The van der Waals surface area contributed by atoms with Crippen LogP contribution in [0.2, 0.25) is 0 Å². The van der Waals surface area contributed by atoms with Crippen molar-refractivity contribution in [2.45, 2.75) is 179 Å². The number of aliphatic hydroxyl groups excluding tert-OH is 4. The van der Waals surface area contributed by atoms with Gasteiger partial charge < -0.3 is 44.6 Å². The summed E-state index contributed by atoms with van der Waals surface area (Å²) < 4.78 is 49.3.